The zero-order chi connectivity index (χ0) is 34.2. The van der Waals surface area contributed by atoms with Crippen LogP contribution in [0.4, 0.5) is 17.1 Å². The van der Waals surface area contributed by atoms with E-state index in [1.54, 1.807) is 0 Å². The molecule has 8 aromatic carbocycles. The van der Waals surface area contributed by atoms with E-state index < -0.39 is 0 Å². The number of rotatable bonds is 5. The van der Waals surface area contributed by atoms with Crippen LogP contribution in [0, 0.1) is 0 Å². The van der Waals surface area contributed by atoms with Crippen molar-refractivity contribution in [3.8, 4) is 22.3 Å². The Hall–Kier alpha value is -6.62. The van der Waals surface area contributed by atoms with Gasteiger partial charge < -0.3 is 13.7 Å². The molecule has 3 nitrogen and oxygen atoms in total. The van der Waals surface area contributed by atoms with Crippen LogP contribution < -0.4 is 4.90 Å². The molecule has 0 fully saturated rings. The maximum absolute atomic E-state index is 6.61. The molecule has 0 bridgehead atoms. The smallest absolute Gasteiger partial charge is 0.136 e. The normalized spacial score (nSPS) is 11.8. The van der Waals surface area contributed by atoms with Gasteiger partial charge in [-0.2, -0.15) is 0 Å². The first-order valence-electron chi connectivity index (χ1n) is 17.5. The van der Waals surface area contributed by atoms with Crippen LogP contribution >= 0.6 is 11.3 Å². The van der Waals surface area contributed by atoms with Crippen LogP contribution in [0.15, 0.2) is 185 Å². The van der Waals surface area contributed by atoms with Crippen molar-refractivity contribution in [3.05, 3.63) is 176 Å². The third-order valence-corrected chi connectivity index (χ3v) is 11.4. The summed E-state index contributed by atoms with van der Waals surface area (Å²) in [5.74, 6) is 0. The predicted octanol–water partition coefficient (Wildman–Crippen LogP) is 14.7. The summed E-state index contributed by atoms with van der Waals surface area (Å²) in [5, 5.41) is 7.00. The van der Waals surface area contributed by atoms with Gasteiger partial charge in [0.1, 0.15) is 22.3 Å². The second-order valence-electron chi connectivity index (χ2n) is 13.3. The van der Waals surface area contributed by atoms with Crippen molar-refractivity contribution in [2.45, 2.75) is 0 Å². The van der Waals surface area contributed by atoms with Gasteiger partial charge in [-0.15, -0.1) is 11.3 Å². The molecule has 3 heterocycles. The van der Waals surface area contributed by atoms with Gasteiger partial charge in [-0.1, -0.05) is 91.0 Å². The Bertz CT molecular complexity index is 3090. The summed E-state index contributed by atoms with van der Waals surface area (Å²) in [6, 6.07) is 62.4. The van der Waals surface area contributed by atoms with Crippen LogP contribution in [-0.2, 0) is 0 Å². The average molecular weight is 684 g/mol. The molecule has 3 aromatic heterocycles. The van der Waals surface area contributed by atoms with E-state index in [0.29, 0.717) is 0 Å². The Labute approximate surface area is 303 Å². The van der Waals surface area contributed by atoms with Crippen molar-refractivity contribution in [2.75, 3.05) is 4.90 Å². The molecule has 0 radical (unpaired) electrons. The van der Waals surface area contributed by atoms with Gasteiger partial charge in [0.05, 0.1) is 0 Å². The zero-order valence-electron chi connectivity index (χ0n) is 27.9. The van der Waals surface area contributed by atoms with Crippen molar-refractivity contribution >= 4 is 92.4 Å². The summed E-state index contributed by atoms with van der Waals surface area (Å²) >= 11 is 1.84. The third-order valence-electron chi connectivity index (χ3n) is 10.3. The molecular formula is C48H29NO2S. The number of thiophene rings is 1. The Balaban J connectivity index is 1.06. The molecule has 4 heteroatoms. The number of benzene rings is 8. The van der Waals surface area contributed by atoms with Crippen LogP contribution in [0.25, 0.3) is 86.3 Å². The lowest BCUT2D eigenvalue weighted by molar-refractivity contribution is 0.668. The molecule has 0 saturated carbocycles. The van der Waals surface area contributed by atoms with Crippen molar-refractivity contribution < 1.29 is 8.83 Å². The summed E-state index contributed by atoms with van der Waals surface area (Å²) < 4.78 is 15.4. The Morgan fingerprint density at radius 1 is 0.346 bits per heavy atom. The number of furan rings is 2. The van der Waals surface area contributed by atoms with Crippen LogP contribution in [0.5, 0.6) is 0 Å². The van der Waals surface area contributed by atoms with Gasteiger partial charge in [0.25, 0.3) is 0 Å². The molecule has 0 N–H and O–H groups in total. The highest BCUT2D eigenvalue weighted by Gasteiger charge is 2.19. The van der Waals surface area contributed by atoms with Gasteiger partial charge in [0.15, 0.2) is 0 Å². The molecule has 11 aromatic rings. The second-order valence-corrected chi connectivity index (χ2v) is 14.4. The summed E-state index contributed by atoms with van der Waals surface area (Å²) in [6.45, 7) is 0. The average Bonchev–Trinajstić information content (AvgIpc) is 3.89. The highest BCUT2D eigenvalue weighted by Crippen LogP contribution is 2.45. The number of nitrogens with zero attached hydrogens (tertiary/aromatic N) is 1. The molecule has 0 aliphatic heterocycles. The van der Waals surface area contributed by atoms with Gasteiger partial charge in [0.2, 0.25) is 0 Å². The minimum Gasteiger partial charge on any atom is -0.456 e. The molecule has 0 spiro atoms. The van der Waals surface area contributed by atoms with Gasteiger partial charge >= 0.3 is 0 Å². The zero-order valence-corrected chi connectivity index (χ0v) is 28.7. The Morgan fingerprint density at radius 2 is 0.942 bits per heavy atom. The van der Waals surface area contributed by atoms with E-state index in [9.17, 15) is 0 Å². The van der Waals surface area contributed by atoms with E-state index >= 15 is 0 Å². The van der Waals surface area contributed by atoms with E-state index in [-0.39, 0.29) is 0 Å². The van der Waals surface area contributed by atoms with Gasteiger partial charge in [-0.05, 0) is 107 Å². The molecule has 0 atom stereocenters. The van der Waals surface area contributed by atoms with Crippen molar-refractivity contribution in [2.24, 2.45) is 0 Å². The number of anilines is 3. The third kappa shape index (κ3) is 4.51. The summed E-state index contributed by atoms with van der Waals surface area (Å²) in [4.78, 5) is 2.33. The maximum Gasteiger partial charge on any atom is 0.136 e. The van der Waals surface area contributed by atoms with E-state index in [1.165, 1.54) is 25.7 Å². The van der Waals surface area contributed by atoms with Crippen LogP contribution in [0.1, 0.15) is 0 Å². The van der Waals surface area contributed by atoms with Gasteiger partial charge in [-0.25, -0.2) is 0 Å². The maximum atomic E-state index is 6.61. The standard InChI is InChI=1S/C48H29NO2S/c1-3-11-32(12-4-1)49(33-13-5-2-6-14-33)34-23-26-45-40(29-34)48-36(17-10-20-46(48)52-45)31-22-25-39-44(28-31)51-42-19-9-16-35(47(39)42)30-21-24-38-37-15-7-8-18-41(37)50-43(38)27-30/h1-29H. The fourth-order valence-corrected chi connectivity index (χ4v) is 9.04. The lowest BCUT2D eigenvalue weighted by atomic mass is 9.96. The molecule has 244 valence electrons. The first-order valence-corrected chi connectivity index (χ1v) is 18.3. The minimum absolute atomic E-state index is 0.875. The Kier molecular flexibility index (Phi) is 6.42. The van der Waals surface area contributed by atoms with Crippen LogP contribution in [-0.4, -0.2) is 0 Å². The predicted molar refractivity (Wildman–Crippen MR) is 219 cm³/mol. The van der Waals surface area contributed by atoms with Crippen LogP contribution in [0.2, 0.25) is 0 Å². The monoisotopic (exact) mass is 683 g/mol. The van der Waals surface area contributed by atoms with Crippen molar-refractivity contribution in [1.29, 1.82) is 0 Å². The fraction of sp³-hybridized carbons (Fsp3) is 0. The first kappa shape index (κ1) is 29.1. The lowest BCUT2D eigenvalue weighted by Crippen LogP contribution is -2.09. The van der Waals surface area contributed by atoms with Crippen LogP contribution in [0.3, 0.4) is 0 Å². The molecule has 0 saturated heterocycles. The number of hydrogen-bond donors (Lipinski definition) is 0. The topological polar surface area (TPSA) is 29.5 Å². The number of hydrogen-bond acceptors (Lipinski definition) is 4. The SMILES string of the molecule is c1ccc(N(c2ccccc2)c2ccc3sc4cccc(-c5ccc6c(c5)oc5cccc(-c7ccc8c(c7)oc7ccccc78)c56)c4c3c2)cc1. The van der Waals surface area contributed by atoms with E-state index in [0.717, 1.165) is 77.6 Å². The van der Waals surface area contributed by atoms with Crippen molar-refractivity contribution in [1.82, 2.24) is 0 Å². The van der Waals surface area contributed by atoms with Crippen molar-refractivity contribution in [3.63, 3.8) is 0 Å². The minimum atomic E-state index is 0.875. The highest BCUT2D eigenvalue weighted by atomic mass is 32.1. The molecule has 0 unspecified atom stereocenters. The molecule has 0 amide bonds. The molecule has 11 rings (SSSR count). The highest BCUT2D eigenvalue weighted by molar-refractivity contribution is 7.26. The summed E-state index contributed by atoms with van der Waals surface area (Å²) in [6.07, 6.45) is 0. The fourth-order valence-electron chi connectivity index (χ4n) is 7.92. The van der Waals surface area contributed by atoms with E-state index in [4.69, 9.17) is 8.83 Å². The Morgan fingerprint density at radius 3 is 1.71 bits per heavy atom. The molecule has 52 heavy (non-hydrogen) atoms. The van der Waals surface area contributed by atoms with Gasteiger partial charge in [0, 0.05) is 58.8 Å². The van der Waals surface area contributed by atoms with E-state index in [2.05, 4.69) is 169 Å². The van der Waals surface area contributed by atoms with Gasteiger partial charge in [-0.3, -0.25) is 0 Å². The molecule has 0 aliphatic carbocycles. The second kappa shape index (κ2) is 11.5. The molecular weight excluding hydrogens is 655 g/mol. The lowest BCUT2D eigenvalue weighted by Gasteiger charge is -2.25. The molecule has 0 aliphatic rings. The summed E-state index contributed by atoms with van der Waals surface area (Å²) in [7, 11) is 0. The first-order chi connectivity index (χ1) is 25.8. The largest absolute Gasteiger partial charge is 0.456 e. The number of para-hydroxylation sites is 3. The number of fused-ring (bicyclic) bond motifs is 9. The quantitative estimate of drug-likeness (QED) is 0.181. The van der Waals surface area contributed by atoms with E-state index in [1.807, 2.05) is 23.5 Å². The summed E-state index contributed by atoms with van der Waals surface area (Å²) in [5.41, 5.74) is 11.5.